The van der Waals surface area contributed by atoms with Crippen molar-refractivity contribution in [3.8, 4) is 12.5 Å². The highest BCUT2D eigenvalue weighted by atomic mass is 32.9. The Hall–Kier alpha value is 1.24. The summed E-state index contributed by atoms with van der Waals surface area (Å²) in [7, 11) is 0. The molecular weight excluding hydrogens is 362 g/mol. The van der Waals surface area contributed by atoms with Gasteiger partial charge in [-0.3, -0.25) is 0 Å². The van der Waals surface area contributed by atoms with E-state index in [0.29, 0.717) is 24.9 Å². The van der Waals surface area contributed by atoms with Crippen LogP contribution in [-0.4, -0.2) is 24.9 Å². The fourth-order valence-corrected chi connectivity index (χ4v) is 12.9. The van der Waals surface area contributed by atoms with Crippen LogP contribution in [0.25, 0.3) is 0 Å². The molecule has 0 aromatic heterocycles. The minimum absolute atomic E-state index is 0. The fraction of sp³-hybridized carbons (Fsp3) is 0.778. The first-order chi connectivity index (χ1) is 8.95. The lowest BCUT2D eigenvalue weighted by atomic mass is 10.9. The highest BCUT2D eigenvalue weighted by Gasteiger charge is 2.24. The Balaban J connectivity index is -0.00000162. The molecule has 10 heteroatoms. The smallest absolute Gasteiger partial charge is 0.307 e. The summed E-state index contributed by atoms with van der Waals surface area (Å²) >= 11 is 13.5. The van der Waals surface area contributed by atoms with Gasteiger partial charge in [0.1, 0.15) is 6.11 Å². The number of rotatable bonds is 11. The van der Waals surface area contributed by atoms with Crippen molar-refractivity contribution in [1.29, 1.82) is 0 Å². The molecule has 0 saturated heterocycles. The minimum atomic E-state index is -2.49. The second-order valence-corrected chi connectivity index (χ2v) is 15.6. The summed E-state index contributed by atoms with van der Waals surface area (Å²) in [5.74, 6) is 0. The van der Waals surface area contributed by atoms with Crippen molar-refractivity contribution in [2.45, 2.75) is 20.8 Å². The standard InChI is InChI=1S/C9H18O4P2S4.2H2/c1-5-10-14(16,11-6-2)18-9-19-15(17,12-7-3)13-8-4;;/h1H,6-9H2,2-4H3;2*1H. The predicted octanol–water partition coefficient (Wildman–Crippen LogP) is 5.07. The van der Waals surface area contributed by atoms with Gasteiger partial charge in [-0.05, 0) is 55.8 Å². The zero-order chi connectivity index (χ0) is 14.8. The van der Waals surface area contributed by atoms with E-state index in [9.17, 15) is 0 Å². The Morgan fingerprint density at radius 2 is 1.42 bits per heavy atom. The summed E-state index contributed by atoms with van der Waals surface area (Å²) in [4.78, 5) is 0. The molecule has 0 fully saturated rings. The number of terminal acetylenes is 1. The third-order valence-electron chi connectivity index (χ3n) is 1.45. The molecule has 116 valence electrons. The summed E-state index contributed by atoms with van der Waals surface area (Å²) in [5, 5.41) is 0.566. The second kappa shape index (κ2) is 10.9. The highest BCUT2D eigenvalue weighted by molar-refractivity contribution is 8.76. The van der Waals surface area contributed by atoms with Gasteiger partial charge >= 0.3 is 5.69 Å². The molecular formula is C9H22O4P2S4. The van der Waals surface area contributed by atoms with Gasteiger partial charge in [0.2, 0.25) is 5.69 Å². The molecule has 0 aromatic rings. The molecule has 0 saturated carbocycles. The largest absolute Gasteiger partial charge is 0.383 e. The van der Waals surface area contributed by atoms with E-state index in [2.05, 4.69) is 6.11 Å². The van der Waals surface area contributed by atoms with Gasteiger partial charge in [0.25, 0.3) is 0 Å². The average molecular weight is 384 g/mol. The molecule has 4 nitrogen and oxygen atoms in total. The van der Waals surface area contributed by atoms with Gasteiger partial charge in [0.05, 0.1) is 24.9 Å². The van der Waals surface area contributed by atoms with Crippen LogP contribution in [0.3, 0.4) is 0 Å². The zero-order valence-electron chi connectivity index (χ0n) is 11.1. The first-order valence-corrected chi connectivity index (χ1v) is 14.0. The third kappa shape index (κ3) is 8.98. The van der Waals surface area contributed by atoms with Gasteiger partial charge < -0.3 is 18.1 Å². The Kier molecular flexibility index (Phi) is 11.6. The molecule has 0 bridgehead atoms. The van der Waals surface area contributed by atoms with Crippen LogP contribution in [0, 0.1) is 12.5 Å². The second-order valence-electron chi connectivity index (χ2n) is 2.73. The average Bonchev–Trinajstić information content (AvgIpc) is 2.29. The summed E-state index contributed by atoms with van der Waals surface area (Å²) in [5.41, 5.74) is -4.80. The van der Waals surface area contributed by atoms with E-state index < -0.39 is 11.4 Å². The molecule has 0 spiro atoms. The number of hydrogen-bond donors (Lipinski definition) is 0. The molecule has 0 rings (SSSR count). The van der Waals surface area contributed by atoms with Crippen LogP contribution < -0.4 is 0 Å². The Bertz CT molecular complexity index is 384. The van der Waals surface area contributed by atoms with E-state index in [0.717, 1.165) is 0 Å². The van der Waals surface area contributed by atoms with Gasteiger partial charge in [-0.1, -0.05) is 17.8 Å². The van der Waals surface area contributed by atoms with E-state index in [1.165, 1.54) is 22.8 Å². The zero-order valence-corrected chi connectivity index (χ0v) is 16.1. The maximum atomic E-state index is 5.51. The van der Waals surface area contributed by atoms with Gasteiger partial charge in [0.15, 0.2) is 0 Å². The van der Waals surface area contributed by atoms with E-state index >= 15 is 0 Å². The highest BCUT2D eigenvalue weighted by Crippen LogP contribution is 2.67. The third-order valence-corrected chi connectivity index (χ3v) is 13.0. The topological polar surface area (TPSA) is 36.9 Å². The molecule has 0 aliphatic rings. The predicted molar refractivity (Wildman–Crippen MR) is 97.6 cm³/mol. The molecule has 1 atom stereocenters. The van der Waals surface area contributed by atoms with Crippen molar-refractivity contribution in [2.24, 2.45) is 0 Å². The van der Waals surface area contributed by atoms with Crippen molar-refractivity contribution >= 4 is 57.8 Å². The summed E-state index contributed by atoms with van der Waals surface area (Å²) in [6.45, 7) is 7.13. The van der Waals surface area contributed by atoms with Crippen LogP contribution >= 0.6 is 34.2 Å². The van der Waals surface area contributed by atoms with Crippen LogP contribution in [0.4, 0.5) is 0 Å². The normalized spacial score (nSPS) is 14.6. The van der Waals surface area contributed by atoms with Crippen LogP contribution in [0.15, 0.2) is 0 Å². The first-order valence-electron chi connectivity index (χ1n) is 5.52. The van der Waals surface area contributed by atoms with Gasteiger partial charge in [-0.2, -0.15) is 0 Å². The molecule has 1 unspecified atom stereocenters. The quantitative estimate of drug-likeness (QED) is 0.278. The van der Waals surface area contributed by atoms with Crippen LogP contribution in [-0.2, 0) is 41.7 Å². The van der Waals surface area contributed by atoms with Crippen molar-refractivity contribution < 1.29 is 20.9 Å². The molecule has 0 aliphatic heterocycles. The Morgan fingerprint density at radius 1 is 1.00 bits per heavy atom. The van der Waals surface area contributed by atoms with E-state index in [-0.39, 0.29) is 2.85 Å². The van der Waals surface area contributed by atoms with Crippen molar-refractivity contribution in [1.82, 2.24) is 0 Å². The lowest BCUT2D eigenvalue weighted by Crippen LogP contribution is -1.93. The van der Waals surface area contributed by atoms with E-state index in [1.807, 2.05) is 20.8 Å². The minimum Gasteiger partial charge on any atom is -0.383 e. The number of hydrogen-bond acceptors (Lipinski definition) is 8. The molecule has 0 amide bonds. The van der Waals surface area contributed by atoms with Gasteiger partial charge in [0, 0.05) is 2.85 Å². The Labute approximate surface area is 136 Å². The molecule has 19 heavy (non-hydrogen) atoms. The van der Waals surface area contributed by atoms with Gasteiger partial charge in [-0.25, -0.2) is 0 Å². The Morgan fingerprint density at radius 3 is 1.84 bits per heavy atom. The first kappa shape index (κ1) is 20.2. The maximum Gasteiger partial charge on any atom is 0.307 e. The van der Waals surface area contributed by atoms with Gasteiger partial charge in [-0.15, -0.1) is 0 Å². The van der Waals surface area contributed by atoms with E-state index in [4.69, 9.17) is 48.1 Å². The summed E-state index contributed by atoms with van der Waals surface area (Å²) in [6, 6.07) is 0. The van der Waals surface area contributed by atoms with Crippen molar-refractivity contribution in [3.05, 3.63) is 0 Å². The summed E-state index contributed by atoms with van der Waals surface area (Å²) < 4.78 is 21.5. The molecule has 0 heterocycles. The molecule has 0 radical (unpaired) electrons. The molecule has 0 aromatic carbocycles. The lowest BCUT2D eigenvalue weighted by molar-refractivity contribution is 0.280. The fourth-order valence-electron chi connectivity index (χ4n) is 0.893. The summed E-state index contributed by atoms with van der Waals surface area (Å²) in [6.07, 6.45) is 7.23. The molecule has 0 N–H and O–H groups in total. The SMILES string of the molecule is C#COP(=S)(OCC)SCSP(=S)(OCC)OCC.[HH].[HH]. The maximum absolute atomic E-state index is 5.51. The monoisotopic (exact) mass is 384 g/mol. The van der Waals surface area contributed by atoms with Crippen LogP contribution in [0.1, 0.15) is 23.6 Å². The van der Waals surface area contributed by atoms with E-state index in [1.54, 1.807) is 0 Å². The lowest BCUT2D eigenvalue weighted by Gasteiger charge is -2.21. The van der Waals surface area contributed by atoms with Crippen molar-refractivity contribution in [2.75, 3.05) is 24.9 Å². The van der Waals surface area contributed by atoms with Crippen LogP contribution in [0.2, 0.25) is 0 Å². The molecule has 0 aliphatic carbocycles. The van der Waals surface area contributed by atoms with Crippen LogP contribution in [0.5, 0.6) is 0 Å². The van der Waals surface area contributed by atoms with Crippen molar-refractivity contribution in [3.63, 3.8) is 0 Å².